The highest BCUT2D eigenvalue weighted by atomic mass is 79.9. The van der Waals surface area contributed by atoms with Gasteiger partial charge in [0, 0.05) is 28.0 Å². The van der Waals surface area contributed by atoms with Crippen molar-refractivity contribution < 1.29 is 4.79 Å². The number of aromatic amines is 1. The zero-order valence-electron chi connectivity index (χ0n) is 14.2. The molecule has 2 atom stereocenters. The van der Waals surface area contributed by atoms with Gasteiger partial charge in [0.2, 0.25) is 5.91 Å². The molecule has 0 saturated heterocycles. The van der Waals surface area contributed by atoms with Gasteiger partial charge >= 0.3 is 5.69 Å². The predicted molar refractivity (Wildman–Crippen MR) is 105 cm³/mol. The van der Waals surface area contributed by atoms with Crippen LogP contribution in [0.25, 0.3) is 5.69 Å². The molecule has 1 aliphatic carbocycles. The molecule has 26 heavy (non-hydrogen) atoms. The predicted octanol–water partition coefficient (Wildman–Crippen LogP) is 3.98. The van der Waals surface area contributed by atoms with Gasteiger partial charge in [0.05, 0.1) is 5.69 Å². The summed E-state index contributed by atoms with van der Waals surface area (Å²) in [6.07, 6.45) is 2.53. The second-order valence-electron chi connectivity index (χ2n) is 6.61. The number of carbonyl (C=O) groups excluding carboxylic acids is 1. The summed E-state index contributed by atoms with van der Waals surface area (Å²) in [6, 6.07) is 15.5. The number of benzene rings is 2. The van der Waals surface area contributed by atoms with Crippen molar-refractivity contribution >= 4 is 27.5 Å². The number of rotatable bonds is 4. The van der Waals surface area contributed by atoms with Crippen molar-refractivity contribution in [3.8, 4) is 5.69 Å². The van der Waals surface area contributed by atoms with E-state index in [-0.39, 0.29) is 23.4 Å². The van der Waals surface area contributed by atoms with Crippen LogP contribution in [-0.2, 0) is 4.79 Å². The second-order valence-corrected chi connectivity index (χ2v) is 7.53. The zero-order chi connectivity index (χ0) is 18.3. The molecule has 2 N–H and O–H groups in total. The standard InChI is InChI=1S/C20H18BrN3O2/c1-12-11-22-20(26)24(12)16-4-2-3-15(9-16)23-19(25)18-10-17(18)13-5-7-14(21)8-6-13/h2-9,11,17-18H,10H2,1H3,(H,22,26)(H,23,25). The van der Waals surface area contributed by atoms with Gasteiger partial charge in [0.25, 0.3) is 0 Å². The zero-order valence-corrected chi connectivity index (χ0v) is 15.8. The van der Waals surface area contributed by atoms with Gasteiger partial charge in [-0.05, 0) is 55.2 Å². The molecule has 132 valence electrons. The summed E-state index contributed by atoms with van der Waals surface area (Å²) in [5.41, 5.74) is 3.24. The summed E-state index contributed by atoms with van der Waals surface area (Å²) in [5.74, 6) is 0.297. The minimum Gasteiger partial charge on any atom is -0.326 e. The highest BCUT2D eigenvalue weighted by Gasteiger charge is 2.43. The Hall–Kier alpha value is -2.60. The van der Waals surface area contributed by atoms with Crippen LogP contribution in [0.5, 0.6) is 0 Å². The lowest BCUT2D eigenvalue weighted by atomic mass is 10.1. The summed E-state index contributed by atoms with van der Waals surface area (Å²) in [4.78, 5) is 27.2. The van der Waals surface area contributed by atoms with Crippen LogP contribution in [0.2, 0.25) is 0 Å². The smallest absolute Gasteiger partial charge is 0.326 e. The molecule has 0 bridgehead atoms. The number of hydrogen-bond donors (Lipinski definition) is 2. The van der Waals surface area contributed by atoms with Gasteiger partial charge in [-0.15, -0.1) is 0 Å². The number of halogens is 1. The van der Waals surface area contributed by atoms with Crippen LogP contribution in [0.15, 0.2) is 64.0 Å². The molecule has 1 aliphatic rings. The maximum atomic E-state index is 12.6. The minimum absolute atomic E-state index is 0.00320. The van der Waals surface area contributed by atoms with Crippen LogP contribution < -0.4 is 11.0 Å². The van der Waals surface area contributed by atoms with Gasteiger partial charge in [0.15, 0.2) is 0 Å². The summed E-state index contributed by atoms with van der Waals surface area (Å²) >= 11 is 3.43. The van der Waals surface area contributed by atoms with E-state index in [0.29, 0.717) is 5.69 Å². The average Bonchev–Trinajstić information content (AvgIpc) is 3.35. The van der Waals surface area contributed by atoms with Gasteiger partial charge in [0.1, 0.15) is 0 Å². The van der Waals surface area contributed by atoms with E-state index >= 15 is 0 Å². The van der Waals surface area contributed by atoms with Crippen molar-refractivity contribution in [2.24, 2.45) is 5.92 Å². The van der Waals surface area contributed by atoms with E-state index in [1.807, 2.05) is 43.3 Å². The van der Waals surface area contributed by atoms with E-state index in [0.717, 1.165) is 22.3 Å². The molecule has 2 aromatic carbocycles. The van der Waals surface area contributed by atoms with Crippen LogP contribution in [0, 0.1) is 12.8 Å². The third kappa shape index (κ3) is 3.24. The molecule has 0 aliphatic heterocycles. The van der Waals surface area contributed by atoms with Crippen molar-refractivity contribution in [3.63, 3.8) is 0 Å². The van der Waals surface area contributed by atoms with Gasteiger partial charge in [-0.3, -0.25) is 9.36 Å². The molecule has 6 heteroatoms. The van der Waals surface area contributed by atoms with Gasteiger partial charge < -0.3 is 10.3 Å². The van der Waals surface area contributed by atoms with Crippen molar-refractivity contribution in [2.75, 3.05) is 5.32 Å². The van der Waals surface area contributed by atoms with E-state index in [9.17, 15) is 9.59 Å². The Morgan fingerprint density at radius 1 is 1.23 bits per heavy atom. The first-order valence-electron chi connectivity index (χ1n) is 8.47. The molecule has 4 rings (SSSR count). The van der Waals surface area contributed by atoms with Crippen LogP contribution in [0.3, 0.4) is 0 Å². The lowest BCUT2D eigenvalue weighted by molar-refractivity contribution is -0.117. The van der Waals surface area contributed by atoms with Crippen molar-refractivity contribution in [3.05, 3.63) is 80.9 Å². The monoisotopic (exact) mass is 411 g/mol. The maximum absolute atomic E-state index is 12.6. The number of imidazole rings is 1. The van der Waals surface area contributed by atoms with Crippen molar-refractivity contribution in [2.45, 2.75) is 19.3 Å². The molecule has 1 amide bonds. The number of hydrogen-bond acceptors (Lipinski definition) is 2. The van der Waals surface area contributed by atoms with E-state index in [2.05, 4.69) is 38.4 Å². The Kier molecular flexibility index (Phi) is 4.28. The van der Waals surface area contributed by atoms with Crippen LogP contribution in [0.4, 0.5) is 5.69 Å². The van der Waals surface area contributed by atoms with Gasteiger partial charge in [-0.1, -0.05) is 34.1 Å². The maximum Gasteiger partial charge on any atom is 0.330 e. The van der Waals surface area contributed by atoms with E-state index in [4.69, 9.17) is 0 Å². The quantitative estimate of drug-likeness (QED) is 0.681. The number of nitrogens with one attached hydrogen (secondary N) is 2. The van der Waals surface area contributed by atoms with E-state index in [1.165, 1.54) is 5.56 Å². The summed E-state index contributed by atoms with van der Waals surface area (Å²) < 4.78 is 2.62. The normalized spacial score (nSPS) is 18.5. The number of amides is 1. The van der Waals surface area contributed by atoms with Crippen LogP contribution >= 0.6 is 15.9 Å². The van der Waals surface area contributed by atoms with Crippen molar-refractivity contribution in [1.29, 1.82) is 0 Å². The lowest BCUT2D eigenvalue weighted by Gasteiger charge is -2.09. The Labute approximate surface area is 159 Å². The van der Waals surface area contributed by atoms with Gasteiger partial charge in [-0.2, -0.15) is 0 Å². The molecular formula is C20H18BrN3O2. The van der Waals surface area contributed by atoms with Crippen LogP contribution in [-0.4, -0.2) is 15.5 Å². The van der Waals surface area contributed by atoms with E-state index in [1.54, 1.807) is 10.8 Å². The molecular weight excluding hydrogens is 394 g/mol. The van der Waals surface area contributed by atoms with E-state index < -0.39 is 0 Å². The number of aryl methyl sites for hydroxylation is 1. The molecule has 2 unspecified atom stereocenters. The fourth-order valence-electron chi connectivity index (χ4n) is 3.30. The molecule has 1 heterocycles. The molecule has 1 aromatic heterocycles. The number of carbonyl (C=O) groups is 1. The molecule has 1 fully saturated rings. The SMILES string of the molecule is Cc1c[nH]c(=O)n1-c1cccc(NC(=O)C2CC2c2ccc(Br)cc2)c1. The Morgan fingerprint density at radius 3 is 2.69 bits per heavy atom. The number of anilines is 1. The number of nitrogens with zero attached hydrogens (tertiary/aromatic N) is 1. The first kappa shape index (κ1) is 16.8. The number of aromatic nitrogens is 2. The number of H-pyrrole nitrogens is 1. The first-order valence-corrected chi connectivity index (χ1v) is 9.26. The highest BCUT2D eigenvalue weighted by molar-refractivity contribution is 9.10. The Balaban J connectivity index is 1.48. The molecule has 1 saturated carbocycles. The highest BCUT2D eigenvalue weighted by Crippen LogP contribution is 2.48. The summed E-state index contributed by atoms with van der Waals surface area (Å²) in [7, 11) is 0. The van der Waals surface area contributed by atoms with Crippen LogP contribution in [0.1, 0.15) is 23.6 Å². The fraction of sp³-hybridized carbons (Fsp3) is 0.200. The van der Waals surface area contributed by atoms with Gasteiger partial charge in [-0.25, -0.2) is 4.79 Å². The molecule has 3 aromatic rings. The molecule has 0 spiro atoms. The molecule has 0 radical (unpaired) electrons. The Morgan fingerprint density at radius 2 is 2.00 bits per heavy atom. The third-order valence-corrected chi connectivity index (χ3v) is 5.29. The topological polar surface area (TPSA) is 66.9 Å². The summed E-state index contributed by atoms with van der Waals surface area (Å²) in [6.45, 7) is 1.86. The fourth-order valence-corrected chi connectivity index (χ4v) is 3.56. The second kappa shape index (κ2) is 6.61. The average molecular weight is 412 g/mol. The molecule has 5 nitrogen and oxygen atoms in total. The van der Waals surface area contributed by atoms with Crippen molar-refractivity contribution in [1.82, 2.24) is 9.55 Å². The third-order valence-electron chi connectivity index (χ3n) is 4.76. The summed E-state index contributed by atoms with van der Waals surface area (Å²) in [5, 5.41) is 2.98. The Bertz CT molecular complexity index is 1020. The minimum atomic E-state index is -0.191. The lowest BCUT2D eigenvalue weighted by Crippen LogP contribution is -2.17. The largest absolute Gasteiger partial charge is 0.330 e. The first-order chi connectivity index (χ1) is 12.5.